The smallest absolute Gasteiger partial charge is 0.320 e. The summed E-state index contributed by atoms with van der Waals surface area (Å²) in [5.41, 5.74) is 8.87. The molecule has 0 aliphatic carbocycles. The van der Waals surface area contributed by atoms with Crippen LogP contribution < -0.4 is 11.1 Å². The number of rotatable bonds is 4. The zero-order valence-electron chi connectivity index (χ0n) is 13.9. The van der Waals surface area contributed by atoms with Crippen molar-refractivity contribution in [3.05, 3.63) is 65.9 Å². The maximum absolute atomic E-state index is 11.3. The van der Waals surface area contributed by atoms with E-state index in [9.17, 15) is 4.79 Å². The van der Waals surface area contributed by atoms with Gasteiger partial charge < -0.3 is 15.5 Å². The van der Waals surface area contributed by atoms with Crippen molar-refractivity contribution in [1.82, 2.24) is 15.2 Å². The van der Waals surface area contributed by atoms with Crippen LogP contribution in [0.4, 0.5) is 11.7 Å². The van der Waals surface area contributed by atoms with E-state index < -0.39 is 5.91 Å². The van der Waals surface area contributed by atoms with Gasteiger partial charge in [0, 0.05) is 22.3 Å². The average molecular weight is 345 g/mol. The monoisotopic (exact) mass is 345 g/mol. The molecule has 0 unspecified atom stereocenters. The standard InChI is InChI=1S/C19H15N5O2/c1-11-9-15(14-7-2-3-8-16(14)21-11)18-23-24-19(26-18)22-13-6-4-5-12(10-13)17(20)25/h2-10H,1H3,(H2,20,25)(H,22,24). The normalized spacial score (nSPS) is 10.8. The van der Waals surface area contributed by atoms with Gasteiger partial charge in [-0.25, -0.2) is 0 Å². The van der Waals surface area contributed by atoms with Crippen molar-refractivity contribution in [3.8, 4) is 11.5 Å². The Hall–Kier alpha value is -3.74. The van der Waals surface area contributed by atoms with E-state index in [1.807, 2.05) is 37.3 Å². The first-order chi connectivity index (χ1) is 12.6. The van der Waals surface area contributed by atoms with Crippen molar-refractivity contribution in [1.29, 1.82) is 0 Å². The van der Waals surface area contributed by atoms with Gasteiger partial charge >= 0.3 is 6.01 Å². The number of hydrogen-bond donors (Lipinski definition) is 2. The number of anilines is 2. The number of amides is 1. The second kappa shape index (κ2) is 6.29. The van der Waals surface area contributed by atoms with E-state index in [4.69, 9.17) is 10.2 Å². The fourth-order valence-corrected chi connectivity index (χ4v) is 2.74. The highest BCUT2D eigenvalue weighted by atomic mass is 16.4. The average Bonchev–Trinajstić information content (AvgIpc) is 3.09. The number of nitrogens with one attached hydrogen (secondary N) is 1. The molecule has 4 aromatic rings. The molecule has 4 rings (SSSR count). The van der Waals surface area contributed by atoms with Crippen LogP contribution in [0.3, 0.4) is 0 Å². The van der Waals surface area contributed by atoms with Crippen LogP contribution in [0.2, 0.25) is 0 Å². The second-order valence-electron chi connectivity index (χ2n) is 5.81. The molecule has 0 atom stereocenters. The van der Waals surface area contributed by atoms with Crippen molar-refractivity contribution >= 4 is 28.5 Å². The predicted molar refractivity (Wildman–Crippen MR) is 98.0 cm³/mol. The molecule has 0 bridgehead atoms. The predicted octanol–water partition coefficient (Wildman–Crippen LogP) is 3.44. The summed E-state index contributed by atoms with van der Waals surface area (Å²) in [6, 6.07) is 16.7. The maximum atomic E-state index is 11.3. The zero-order chi connectivity index (χ0) is 18.1. The molecule has 128 valence electrons. The van der Waals surface area contributed by atoms with E-state index in [1.54, 1.807) is 24.3 Å². The Labute approximate surface area is 148 Å². The topological polar surface area (TPSA) is 107 Å². The third-order valence-electron chi connectivity index (χ3n) is 3.90. The van der Waals surface area contributed by atoms with E-state index in [0.717, 1.165) is 22.2 Å². The van der Waals surface area contributed by atoms with Crippen LogP contribution in [0.5, 0.6) is 0 Å². The van der Waals surface area contributed by atoms with Gasteiger partial charge in [-0.05, 0) is 37.3 Å². The fraction of sp³-hybridized carbons (Fsp3) is 0.0526. The number of fused-ring (bicyclic) bond motifs is 1. The van der Waals surface area contributed by atoms with Crippen LogP contribution in [-0.4, -0.2) is 21.1 Å². The summed E-state index contributed by atoms with van der Waals surface area (Å²) in [5, 5.41) is 12.1. The van der Waals surface area contributed by atoms with Crippen LogP contribution in [0.1, 0.15) is 16.1 Å². The van der Waals surface area contributed by atoms with E-state index in [2.05, 4.69) is 20.5 Å². The summed E-state index contributed by atoms with van der Waals surface area (Å²) in [6.45, 7) is 1.92. The summed E-state index contributed by atoms with van der Waals surface area (Å²) in [5.74, 6) is -0.112. The minimum absolute atomic E-state index is 0.222. The maximum Gasteiger partial charge on any atom is 0.320 e. The molecular formula is C19H15N5O2. The Balaban J connectivity index is 1.69. The first-order valence-corrected chi connectivity index (χ1v) is 7.97. The molecule has 0 aliphatic rings. The summed E-state index contributed by atoms with van der Waals surface area (Å²) >= 11 is 0. The van der Waals surface area contributed by atoms with Crippen molar-refractivity contribution in [3.63, 3.8) is 0 Å². The molecular weight excluding hydrogens is 330 g/mol. The Morgan fingerprint density at radius 3 is 2.77 bits per heavy atom. The molecule has 0 fully saturated rings. The van der Waals surface area contributed by atoms with Crippen molar-refractivity contribution < 1.29 is 9.21 Å². The van der Waals surface area contributed by atoms with Gasteiger partial charge in [0.1, 0.15) is 0 Å². The Bertz CT molecular complexity index is 1120. The number of nitrogens with two attached hydrogens (primary N) is 1. The number of nitrogens with zero attached hydrogens (tertiary/aromatic N) is 3. The van der Waals surface area contributed by atoms with Gasteiger partial charge in [0.2, 0.25) is 5.91 Å². The highest BCUT2D eigenvalue weighted by Crippen LogP contribution is 2.29. The molecule has 26 heavy (non-hydrogen) atoms. The van der Waals surface area contributed by atoms with Gasteiger partial charge in [0.05, 0.1) is 11.1 Å². The van der Waals surface area contributed by atoms with E-state index in [-0.39, 0.29) is 6.01 Å². The summed E-state index contributed by atoms with van der Waals surface area (Å²) in [7, 11) is 0. The van der Waals surface area contributed by atoms with Crippen LogP contribution >= 0.6 is 0 Å². The third kappa shape index (κ3) is 2.98. The molecule has 7 nitrogen and oxygen atoms in total. The molecule has 0 saturated heterocycles. The largest absolute Gasteiger partial charge is 0.403 e. The molecule has 7 heteroatoms. The number of benzene rings is 2. The van der Waals surface area contributed by atoms with Crippen molar-refractivity contribution in [2.24, 2.45) is 5.73 Å². The van der Waals surface area contributed by atoms with E-state index >= 15 is 0 Å². The molecule has 1 amide bonds. The molecule has 0 saturated carbocycles. The highest BCUT2D eigenvalue weighted by molar-refractivity contribution is 5.94. The zero-order valence-corrected chi connectivity index (χ0v) is 13.9. The van der Waals surface area contributed by atoms with Gasteiger partial charge in [-0.2, -0.15) is 0 Å². The number of carbonyl (C=O) groups is 1. The van der Waals surface area contributed by atoms with E-state index in [1.165, 1.54) is 0 Å². The first-order valence-electron chi connectivity index (χ1n) is 7.97. The summed E-state index contributed by atoms with van der Waals surface area (Å²) < 4.78 is 5.76. The van der Waals surface area contributed by atoms with Crippen LogP contribution in [0.15, 0.2) is 59.0 Å². The molecule has 0 aliphatic heterocycles. The minimum atomic E-state index is -0.501. The number of pyridine rings is 1. The molecule has 2 heterocycles. The van der Waals surface area contributed by atoms with Crippen LogP contribution in [0, 0.1) is 6.92 Å². The lowest BCUT2D eigenvalue weighted by molar-refractivity contribution is 0.100. The molecule has 3 N–H and O–H groups in total. The number of primary amides is 1. The van der Waals surface area contributed by atoms with Gasteiger partial charge in [0.15, 0.2) is 0 Å². The Morgan fingerprint density at radius 1 is 1.08 bits per heavy atom. The number of aromatic nitrogens is 3. The van der Waals surface area contributed by atoms with Gasteiger partial charge in [0.25, 0.3) is 5.89 Å². The fourth-order valence-electron chi connectivity index (χ4n) is 2.74. The molecule has 2 aromatic carbocycles. The van der Waals surface area contributed by atoms with Gasteiger partial charge in [-0.15, -0.1) is 5.10 Å². The number of carbonyl (C=O) groups excluding carboxylic acids is 1. The minimum Gasteiger partial charge on any atom is -0.403 e. The molecule has 0 radical (unpaired) electrons. The molecule has 0 spiro atoms. The second-order valence-corrected chi connectivity index (χ2v) is 5.81. The number of aryl methyl sites for hydroxylation is 1. The van der Waals surface area contributed by atoms with Crippen LogP contribution in [0.25, 0.3) is 22.4 Å². The molecule has 2 aromatic heterocycles. The highest BCUT2D eigenvalue weighted by Gasteiger charge is 2.13. The van der Waals surface area contributed by atoms with Crippen LogP contribution in [-0.2, 0) is 0 Å². The van der Waals surface area contributed by atoms with Gasteiger partial charge in [-0.3, -0.25) is 9.78 Å². The summed E-state index contributed by atoms with van der Waals surface area (Å²) in [4.78, 5) is 15.8. The lowest BCUT2D eigenvalue weighted by Crippen LogP contribution is -2.10. The lowest BCUT2D eigenvalue weighted by atomic mass is 10.1. The lowest BCUT2D eigenvalue weighted by Gasteiger charge is -2.04. The number of hydrogen-bond acceptors (Lipinski definition) is 6. The third-order valence-corrected chi connectivity index (χ3v) is 3.90. The quantitative estimate of drug-likeness (QED) is 0.587. The Morgan fingerprint density at radius 2 is 1.92 bits per heavy atom. The van der Waals surface area contributed by atoms with E-state index in [0.29, 0.717) is 17.1 Å². The van der Waals surface area contributed by atoms with Crippen molar-refractivity contribution in [2.75, 3.05) is 5.32 Å². The van der Waals surface area contributed by atoms with Gasteiger partial charge in [-0.1, -0.05) is 29.4 Å². The Kier molecular flexibility index (Phi) is 3.81. The van der Waals surface area contributed by atoms with Crippen molar-refractivity contribution in [2.45, 2.75) is 6.92 Å². The number of para-hydroxylation sites is 1. The summed E-state index contributed by atoms with van der Waals surface area (Å²) in [6.07, 6.45) is 0. The first kappa shape index (κ1) is 15.8. The SMILES string of the molecule is Cc1cc(-c2nnc(Nc3cccc(C(N)=O)c3)o2)c2ccccc2n1.